The molecule has 1 heterocycles. The van der Waals surface area contributed by atoms with Gasteiger partial charge in [-0.15, -0.1) is 0 Å². The van der Waals surface area contributed by atoms with Crippen LogP contribution in [-0.4, -0.2) is 13.3 Å². The Balaban J connectivity index is 2.34. The molecule has 25 heavy (non-hydrogen) atoms. The molecule has 0 spiro atoms. The standard InChI is InChI=1S/C19H27FN2O2Si/c1-13(23-17-8-7-11-22-18(17)21)15-12-14(20)9-10-16(15)24-25(5,6)19(2,3)4/h7-13H,1-6H3,(H2,21,22). The molecule has 0 fully saturated rings. The summed E-state index contributed by atoms with van der Waals surface area (Å²) in [5, 5.41) is 0.0382. The summed E-state index contributed by atoms with van der Waals surface area (Å²) in [5.74, 6) is 1.10. The van der Waals surface area contributed by atoms with E-state index in [9.17, 15) is 4.39 Å². The van der Waals surface area contributed by atoms with Crippen LogP contribution in [0, 0.1) is 5.82 Å². The summed E-state index contributed by atoms with van der Waals surface area (Å²) in [6.45, 7) is 12.7. The number of hydrogen-bond donors (Lipinski definition) is 1. The van der Waals surface area contributed by atoms with Gasteiger partial charge >= 0.3 is 0 Å². The second kappa shape index (κ2) is 7.04. The maximum Gasteiger partial charge on any atom is 0.250 e. The number of anilines is 1. The fourth-order valence-corrected chi connectivity index (χ4v) is 3.16. The Morgan fingerprint density at radius 3 is 2.44 bits per heavy atom. The smallest absolute Gasteiger partial charge is 0.250 e. The molecule has 0 bridgehead atoms. The van der Waals surface area contributed by atoms with Crippen LogP contribution in [0.2, 0.25) is 18.1 Å². The Hall–Kier alpha value is -2.08. The van der Waals surface area contributed by atoms with Crippen molar-refractivity contribution in [1.29, 1.82) is 0 Å². The highest BCUT2D eigenvalue weighted by Crippen LogP contribution is 2.40. The predicted octanol–water partition coefficient (Wildman–Crippen LogP) is 5.33. The summed E-state index contributed by atoms with van der Waals surface area (Å²) in [5.41, 5.74) is 6.50. The van der Waals surface area contributed by atoms with E-state index >= 15 is 0 Å². The van der Waals surface area contributed by atoms with Crippen LogP contribution in [-0.2, 0) is 0 Å². The average molecular weight is 363 g/mol. The molecule has 1 aromatic carbocycles. The second-order valence-electron chi connectivity index (χ2n) is 7.69. The van der Waals surface area contributed by atoms with Crippen LogP contribution in [0.3, 0.4) is 0 Å². The van der Waals surface area contributed by atoms with Crippen LogP contribution in [0.25, 0.3) is 0 Å². The van der Waals surface area contributed by atoms with Crippen molar-refractivity contribution in [2.75, 3.05) is 5.73 Å². The minimum absolute atomic E-state index is 0.0382. The molecule has 2 rings (SSSR count). The molecule has 0 saturated heterocycles. The number of nitrogens with zero attached hydrogens (tertiary/aromatic N) is 1. The van der Waals surface area contributed by atoms with Gasteiger partial charge < -0.3 is 14.9 Å². The number of aromatic nitrogens is 1. The number of hydrogen-bond acceptors (Lipinski definition) is 4. The van der Waals surface area contributed by atoms with Crippen molar-refractivity contribution >= 4 is 14.1 Å². The lowest BCUT2D eigenvalue weighted by atomic mass is 10.1. The van der Waals surface area contributed by atoms with Gasteiger partial charge in [0.05, 0.1) is 0 Å². The Bertz CT molecular complexity index is 744. The molecule has 1 aromatic heterocycles. The highest BCUT2D eigenvalue weighted by atomic mass is 28.4. The number of nitrogen functional groups attached to an aromatic ring is 1. The normalized spacial score (nSPS) is 13.4. The van der Waals surface area contributed by atoms with Gasteiger partial charge in [-0.2, -0.15) is 0 Å². The summed E-state index contributed by atoms with van der Waals surface area (Å²) < 4.78 is 26.2. The molecular weight excluding hydrogens is 335 g/mol. The molecule has 0 aliphatic rings. The highest BCUT2D eigenvalue weighted by Gasteiger charge is 2.39. The van der Waals surface area contributed by atoms with Crippen molar-refractivity contribution < 1.29 is 13.6 Å². The zero-order valence-electron chi connectivity index (χ0n) is 15.8. The Kier molecular flexibility index (Phi) is 5.42. The van der Waals surface area contributed by atoms with E-state index in [0.29, 0.717) is 22.9 Å². The van der Waals surface area contributed by atoms with Crippen molar-refractivity contribution in [1.82, 2.24) is 4.98 Å². The van der Waals surface area contributed by atoms with Crippen LogP contribution in [0.1, 0.15) is 39.4 Å². The largest absolute Gasteiger partial charge is 0.543 e. The van der Waals surface area contributed by atoms with E-state index in [2.05, 4.69) is 38.8 Å². The van der Waals surface area contributed by atoms with Crippen LogP contribution >= 0.6 is 0 Å². The van der Waals surface area contributed by atoms with Crippen molar-refractivity contribution in [2.24, 2.45) is 0 Å². The van der Waals surface area contributed by atoms with Gasteiger partial charge in [0.25, 0.3) is 0 Å². The fraction of sp³-hybridized carbons (Fsp3) is 0.421. The average Bonchev–Trinajstić information content (AvgIpc) is 2.50. The molecule has 2 N–H and O–H groups in total. The topological polar surface area (TPSA) is 57.4 Å². The summed E-state index contributed by atoms with van der Waals surface area (Å²) in [7, 11) is -2.06. The first-order valence-corrected chi connectivity index (χ1v) is 11.3. The molecule has 0 aliphatic heterocycles. The van der Waals surface area contributed by atoms with E-state index in [4.69, 9.17) is 14.9 Å². The number of ether oxygens (including phenoxy) is 1. The van der Waals surface area contributed by atoms with Crippen molar-refractivity contribution in [3.05, 3.63) is 47.9 Å². The first kappa shape index (κ1) is 19.2. The minimum Gasteiger partial charge on any atom is -0.543 e. The second-order valence-corrected chi connectivity index (χ2v) is 12.4. The lowest BCUT2D eigenvalue weighted by Crippen LogP contribution is -2.44. The van der Waals surface area contributed by atoms with Gasteiger partial charge in [-0.3, -0.25) is 0 Å². The van der Waals surface area contributed by atoms with E-state index in [1.54, 1.807) is 24.4 Å². The fourth-order valence-electron chi connectivity index (χ4n) is 2.11. The van der Waals surface area contributed by atoms with E-state index in [0.717, 1.165) is 0 Å². The van der Waals surface area contributed by atoms with Crippen LogP contribution in [0.4, 0.5) is 10.2 Å². The zero-order valence-corrected chi connectivity index (χ0v) is 16.8. The zero-order chi connectivity index (χ0) is 18.8. The van der Waals surface area contributed by atoms with Crippen LogP contribution in [0.5, 0.6) is 11.5 Å². The van der Waals surface area contributed by atoms with E-state index in [1.165, 1.54) is 12.1 Å². The lowest BCUT2D eigenvalue weighted by Gasteiger charge is -2.37. The summed E-state index contributed by atoms with van der Waals surface area (Å²) in [4.78, 5) is 4.01. The summed E-state index contributed by atoms with van der Waals surface area (Å²) in [6, 6.07) is 8.04. The van der Waals surface area contributed by atoms with Crippen LogP contribution in [0.15, 0.2) is 36.5 Å². The van der Waals surface area contributed by atoms with Crippen molar-refractivity contribution in [3.63, 3.8) is 0 Å². The Morgan fingerprint density at radius 2 is 1.84 bits per heavy atom. The first-order valence-electron chi connectivity index (χ1n) is 8.37. The molecule has 1 unspecified atom stereocenters. The van der Waals surface area contributed by atoms with Gasteiger partial charge in [-0.1, -0.05) is 20.8 Å². The van der Waals surface area contributed by atoms with Gasteiger partial charge in [0, 0.05) is 11.8 Å². The number of benzene rings is 1. The summed E-state index contributed by atoms with van der Waals surface area (Å²) in [6.07, 6.45) is 1.17. The molecule has 0 radical (unpaired) electrons. The third-order valence-electron chi connectivity index (χ3n) is 4.68. The molecular formula is C19H27FN2O2Si. The molecule has 0 amide bonds. The van der Waals surface area contributed by atoms with Gasteiger partial charge in [-0.05, 0) is 55.4 Å². The molecule has 0 saturated carbocycles. The molecule has 136 valence electrons. The molecule has 4 nitrogen and oxygen atoms in total. The van der Waals surface area contributed by atoms with E-state index in [1.807, 2.05) is 6.92 Å². The predicted molar refractivity (Wildman–Crippen MR) is 102 cm³/mol. The molecule has 6 heteroatoms. The first-order chi connectivity index (χ1) is 11.5. The third kappa shape index (κ3) is 4.51. The molecule has 2 aromatic rings. The van der Waals surface area contributed by atoms with Crippen molar-refractivity contribution in [2.45, 2.75) is 51.9 Å². The third-order valence-corrected chi connectivity index (χ3v) is 9.03. The summed E-state index contributed by atoms with van der Waals surface area (Å²) >= 11 is 0. The number of pyridine rings is 1. The quantitative estimate of drug-likeness (QED) is 0.731. The lowest BCUT2D eigenvalue weighted by molar-refractivity contribution is 0.223. The number of nitrogens with two attached hydrogens (primary N) is 1. The molecule has 0 aliphatic carbocycles. The number of rotatable bonds is 5. The number of halogens is 1. The maximum atomic E-state index is 13.9. The Morgan fingerprint density at radius 1 is 1.16 bits per heavy atom. The van der Waals surface area contributed by atoms with Gasteiger partial charge in [0.15, 0.2) is 11.6 Å². The van der Waals surface area contributed by atoms with Gasteiger partial charge in [-0.25, -0.2) is 9.37 Å². The van der Waals surface area contributed by atoms with Gasteiger partial charge in [0.1, 0.15) is 17.7 Å². The van der Waals surface area contributed by atoms with Crippen LogP contribution < -0.4 is 14.9 Å². The van der Waals surface area contributed by atoms with Gasteiger partial charge in [0.2, 0.25) is 8.32 Å². The molecule has 1 atom stereocenters. The highest BCUT2D eigenvalue weighted by molar-refractivity contribution is 6.74. The van der Waals surface area contributed by atoms with Crippen molar-refractivity contribution in [3.8, 4) is 11.5 Å². The SMILES string of the molecule is CC(Oc1cccnc1N)c1cc(F)ccc1O[Si](C)(C)C(C)(C)C. The van der Waals surface area contributed by atoms with E-state index < -0.39 is 14.4 Å². The Labute approximate surface area is 150 Å². The monoisotopic (exact) mass is 362 g/mol. The minimum atomic E-state index is -2.06. The maximum absolute atomic E-state index is 13.9. The van der Waals surface area contributed by atoms with E-state index in [-0.39, 0.29) is 10.9 Å².